The zero-order valence-electron chi connectivity index (χ0n) is 6.45. The number of hydrogen-bond donors (Lipinski definition) is 1. The number of halogens is 2. The van der Waals surface area contributed by atoms with Gasteiger partial charge in [0.15, 0.2) is 0 Å². The van der Waals surface area contributed by atoms with E-state index in [1.165, 1.54) is 0 Å². The fourth-order valence-electron chi connectivity index (χ4n) is 0.945. The second-order valence-corrected chi connectivity index (χ2v) is 2.59. The molecule has 0 aromatic heterocycles. The van der Waals surface area contributed by atoms with E-state index >= 15 is 0 Å². The Morgan fingerprint density at radius 2 is 1.75 bits per heavy atom. The molecule has 0 aliphatic rings. The maximum absolute atomic E-state index is 11.9. The minimum atomic E-state index is -2.66. The van der Waals surface area contributed by atoms with Crippen LogP contribution in [0, 0.1) is 0 Å². The summed E-state index contributed by atoms with van der Waals surface area (Å²) in [6, 6.07) is 8.75. The van der Waals surface area contributed by atoms with Gasteiger partial charge in [0.05, 0.1) is 0 Å². The summed E-state index contributed by atoms with van der Waals surface area (Å²) in [5.74, 6) is 0. The number of benzene rings is 1. The van der Waals surface area contributed by atoms with Crippen LogP contribution in [0.25, 0.3) is 0 Å². The third-order valence-corrected chi connectivity index (χ3v) is 1.58. The average molecular weight is 172 g/mol. The van der Waals surface area contributed by atoms with Crippen LogP contribution in [0.15, 0.2) is 30.3 Å². The van der Waals surface area contributed by atoms with Crippen molar-refractivity contribution in [1.29, 1.82) is 0 Å². The molecule has 1 aromatic rings. The summed E-state index contributed by atoms with van der Waals surface area (Å²) in [4.78, 5) is 0. The normalized spacial score (nSPS) is 13.3. The molecule has 0 fully saturated rings. The standard InChI is InChI=1S/C9H10F2O/c10-9(11)8(12)6-7-4-2-1-3-5-7/h1-5,8-9,12H,6H2/t8-/m1/s1. The Bertz CT molecular complexity index is 223. The lowest BCUT2D eigenvalue weighted by Gasteiger charge is -2.08. The number of alkyl halides is 2. The second-order valence-electron chi connectivity index (χ2n) is 2.59. The van der Waals surface area contributed by atoms with E-state index < -0.39 is 12.5 Å². The summed E-state index contributed by atoms with van der Waals surface area (Å²) in [5.41, 5.74) is 0.727. The van der Waals surface area contributed by atoms with Crippen molar-refractivity contribution in [3.63, 3.8) is 0 Å². The van der Waals surface area contributed by atoms with E-state index in [0.717, 1.165) is 5.56 Å². The van der Waals surface area contributed by atoms with Crippen LogP contribution in [-0.4, -0.2) is 17.6 Å². The summed E-state index contributed by atoms with van der Waals surface area (Å²) < 4.78 is 23.7. The van der Waals surface area contributed by atoms with Crippen LogP contribution in [0.3, 0.4) is 0 Å². The van der Waals surface area contributed by atoms with Crippen LogP contribution in [0.5, 0.6) is 0 Å². The van der Waals surface area contributed by atoms with Crippen molar-refractivity contribution in [2.75, 3.05) is 0 Å². The monoisotopic (exact) mass is 172 g/mol. The Hall–Kier alpha value is -0.960. The molecule has 1 N–H and O–H groups in total. The molecule has 1 nitrogen and oxygen atoms in total. The molecule has 66 valence electrons. The van der Waals surface area contributed by atoms with Gasteiger partial charge in [0, 0.05) is 6.42 Å². The van der Waals surface area contributed by atoms with Crippen molar-refractivity contribution < 1.29 is 13.9 Å². The van der Waals surface area contributed by atoms with Gasteiger partial charge < -0.3 is 5.11 Å². The molecule has 1 aromatic carbocycles. The quantitative estimate of drug-likeness (QED) is 0.737. The van der Waals surface area contributed by atoms with Gasteiger partial charge in [-0.1, -0.05) is 30.3 Å². The van der Waals surface area contributed by atoms with Crippen molar-refractivity contribution in [2.45, 2.75) is 19.0 Å². The molecule has 0 aliphatic carbocycles. The Morgan fingerprint density at radius 1 is 1.17 bits per heavy atom. The van der Waals surface area contributed by atoms with Gasteiger partial charge in [-0.05, 0) is 5.56 Å². The summed E-state index contributed by atoms with van der Waals surface area (Å²) in [6.45, 7) is 0. The fourth-order valence-corrected chi connectivity index (χ4v) is 0.945. The van der Waals surface area contributed by atoms with Gasteiger partial charge in [-0.3, -0.25) is 0 Å². The van der Waals surface area contributed by atoms with Crippen molar-refractivity contribution >= 4 is 0 Å². The highest BCUT2D eigenvalue weighted by Crippen LogP contribution is 2.08. The highest BCUT2D eigenvalue weighted by molar-refractivity contribution is 5.15. The molecule has 3 heteroatoms. The maximum Gasteiger partial charge on any atom is 0.264 e. The second kappa shape index (κ2) is 4.16. The summed E-state index contributed by atoms with van der Waals surface area (Å²) in [6.07, 6.45) is -4.20. The van der Waals surface area contributed by atoms with Gasteiger partial charge in [-0.25, -0.2) is 8.78 Å². The van der Waals surface area contributed by atoms with E-state index in [0.29, 0.717) is 0 Å². The van der Waals surface area contributed by atoms with Crippen molar-refractivity contribution in [1.82, 2.24) is 0 Å². The summed E-state index contributed by atoms with van der Waals surface area (Å²) in [7, 11) is 0. The number of aliphatic hydroxyl groups excluding tert-OH is 1. The lowest BCUT2D eigenvalue weighted by Crippen LogP contribution is -2.19. The number of aliphatic hydroxyl groups is 1. The van der Waals surface area contributed by atoms with Crippen molar-refractivity contribution in [2.24, 2.45) is 0 Å². The van der Waals surface area contributed by atoms with Crippen molar-refractivity contribution in [3.8, 4) is 0 Å². The minimum absolute atomic E-state index is 0.0124. The van der Waals surface area contributed by atoms with Crippen LogP contribution in [0.2, 0.25) is 0 Å². The minimum Gasteiger partial charge on any atom is -0.387 e. The molecule has 12 heavy (non-hydrogen) atoms. The molecule has 0 aliphatic heterocycles. The van der Waals surface area contributed by atoms with Gasteiger partial charge >= 0.3 is 0 Å². The number of hydrogen-bond acceptors (Lipinski definition) is 1. The molecule has 0 heterocycles. The molecule has 1 atom stereocenters. The first-order valence-corrected chi connectivity index (χ1v) is 3.70. The van der Waals surface area contributed by atoms with Gasteiger partial charge in [0.2, 0.25) is 0 Å². The van der Waals surface area contributed by atoms with E-state index in [2.05, 4.69) is 0 Å². The molecule has 0 saturated heterocycles. The van der Waals surface area contributed by atoms with E-state index in [1.807, 2.05) is 0 Å². The average Bonchev–Trinajstić information content (AvgIpc) is 2.06. The highest BCUT2D eigenvalue weighted by Gasteiger charge is 2.16. The van der Waals surface area contributed by atoms with Gasteiger partial charge in [0.25, 0.3) is 6.43 Å². The lowest BCUT2D eigenvalue weighted by atomic mass is 10.1. The zero-order valence-corrected chi connectivity index (χ0v) is 6.45. The first-order chi connectivity index (χ1) is 5.70. The highest BCUT2D eigenvalue weighted by atomic mass is 19.3. The Kier molecular flexibility index (Phi) is 3.17. The van der Waals surface area contributed by atoms with Crippen LogP contribution < -0.4 is 0 Å². The molecular formula is C9H10F2O. The molecule has 0 radical (unpaired) electrons. The third-order valence-electron chi connectivity index (χ3n) is 1.58. The van der Waals surface area contributed by atoms with Crippen LogP contribution in [0.4, 0.5) is 8.78 Å². The maximum atomic E-state index is 11.9. The SMILES string of the molecule is O[C@H](Cc1ccccc1)C(F)F. The zero-order chi connectivity index (χ0) is 8.97. The van der Waals surface area contributed by atoms with Crippen LogP contribution >= 0.6 is 0 Å². The first kappa shape index (κ1) is 9.13. The van der Waals surface area contributed by atoms with Gasteiger partial charge in [-0.2, -0.15) is 0 Å². The fraction of sp³-hybridized carbons (Fsp3) is 0.333. The first-order valence-electron chi connectivity index (χ1n) is 3.70. The van der Waals surface area contributed by atoms with Crippen LogP contribution in [0.1, 0.15) is 5.56 Å². The van der Waals surface area contributed by atoms with E-state index in [4.69, 9.17) is 5.11 Å². The molecule has 0 bridgehead atoms. The van der Waals surface area contributed by atoms with E-state index in [-0.39, 0.29) is 6.42 Å². The van der Waals surface area contributed by atoms with E-state index in [1.54, 1.807) is 30.3 Å². The molecule has 0 spiro atoms. The van der Waals surface area contributed by atoms with Crippen molar-refractivity contribution in [3.05, 3.63) is 35.9 Å². The molecular weight excluding hydrogens is 162 g/mol. The van der Waals surface area contributed by atoms with Crippen LogP contribution in [-0.2, 0) is 6.42 Å². The summed E-state index contributed by atoms with van der Waals surface area (Å²) in [5, 5.41) is 8.83. The van der Waals surface area contributed by atoms with Gasteiger partial charge in [0.1, 0.15) is 6.10 Å². The van der Waals surface area contributed by atoms with E-state index in [9.17, 15) is 8.78 Å². The number of rotatable bonds is 3. The smallest absolute Gasteiger partial charge is 0.264 e. The molecule has 0 unspecified atom stereocenters. The Labute approximate surface area is 69.7 Å². The lowest BCUT2D eigenvalue weighted by molar-refractivity contribution is -0.00365. The largest absolute Gasteiger partial charge is 0.387 e. The van der Waals surface area contributed by atoms with Gasteiger partial charge in [-0.15, -0.1) is 0 Å². The summed E-state index contributed by atoms with van der Waals surface area (Å²) >= 11 is 0. The third kappa shape index (κ3) is 2.58. The molecule has 1 rings (SSSR count). The molecule has 0 amide bonds. The predicted molar refractivity (Wildman–Crippen MR) is 42.2 cm³/mol. The molecule has 0 saturated carbocycles. The Balaban J connectivity index is 2.53. The topological polar surface area (TPSA) is 20.2 Å². The Morgan fingerprint density at radius 3 is 2.25 bits per heavy atom. The predicted octanol–water partition coefficient (Wildman–Crippen LogP) is 1.86.